The molecule has 1 aromatic carbocycles. The van der Waals surface area contributed by atoms with Gasteiger partial charge in [0.25, 0.3) is 0 Å². The highest BCUT2D eigenvalue weighted by atomic mass is 16.5. The van der Waals surface area contributed by atoms with Crippen LogP contribution in [0, 0.1) is 5.92 Å². The van der Waals surface area contributed by atoms with Crippen molar-refractivity contribution in [3.63, 3.8) is 0 Å². The summed E-state index contributed by atoms with van der Waals surface area (Å²) in [6, 6.07) is 8.68. The molecule has 0 aliphatic rings. The Morgan fingerprint density at radius 1 is 1.35 bits per heavy atom. The molecule has 108 valence electrons. The van der Waals surface area contributed by atoms with E-state index in [9.17, 15) is 0 Å². The minimum absolute atomic E-state index is 0.307. The molecule has 1 N–H and O–H groups in total. The van der Waals surface area contributed by atoms with Crippen LogP contribution in [0.3, 0.4) is 0 Å². The summed E-state index contributed by atoms with van der Waals surface area (Å²) in [5.41, 5.74) is 2.30. The van der Waals surface area contributed by atoms with Crippen LogP contribution in [-0.2, 0) is 11.3 Å². The molecule has 5 nitrogen and oxygen atoms in total. The zero-order valence-electron chi connectivity index (χ0n) is 12.3. The van der Waals surface area contributed by atoms with E-state index in [4.69, 9.17) is 4.74 Å². The van der Waals surface area contributed by atoms with Crippen molar-refractivity contribution in [2.24, 2.45) is 5.92 Å². The Kier molecular flexibility index (Phi) is 5.12. The summed E-state index contributed by atoms with van der Waals surface area (Å²) in [4.78, 5) is 3.96. The fraction of sp³-hybridized carbons (Fsp3) is 0.467. The zero-order valence-corrected chi connectivity index (χ0v) is 12.3. The second-order valence-electron chi connectivity index (χ2n) is 5.24. The minimum Gasteiger partial charge on any atom is -0.383 e. The molecule has 20 heavy (non-hydrogen) atoms. The van der Waals surface area contributed by atoms with Gasteiger partial charge in [0.2, 0.25) is 0 Å². The average Bonchev–Trinajstić information content (AvgIpc) is 2.91. The molecule has 2 aromatic rings. The van der Waals surface area contributed by atoms with Crippen LogP contribution in [0.15, 0.2) is 36.9 Å². The van der Waals surface area contributed by atoms with Gasteiger partial charge in [-0.05, 0) is 23.6 Å². The van der Waals surface area contributed by atoms with E-state index >= 15 is 0 Å². The summed E-state index contributed by atoms with van der Waals surface area (Å²) in [7, 11) is 1.73. The molecule has 0 radical (unpaired) electrons. The van der Waals surface area contributed by atoms with Crippen molar-refractivity contribution in [3.8, 4) is 0 Å². The van der Waals surface area contributed by atoms with E-state index in [0.717, 1.165) is 12.2 Å². The molecule has 0 saturated heterocycles. The van der Waals surface area contributed by atoms with E-state index < -0.39 is 0 Å². The van der Waals surface area contributed by atoms with Crippen molar-refractivity contribution < 1.29 is 4.74 Å². The van der Waals surface area contributed by atoms with Gasteiger partial charge in [-0.15, -0.1) is 0 Å². The lowest BCUT2D eigenvalue weighted by atomic mass is 10.0. The second kappa shape index (κ2) is 7.05. The van der Waals surface area contributed by atoms with Crippen molar-refractivity contribution in [1.29, 1.82) is 0 Å². The maximum Gasteiger partial charge on any atom is 0.137 e. The molecule has 0 aliphatic carbocycles. The van der Waals surface area contributed by atoms with E-state index in [1.807, 2.05) is 4.68 Å². The number of ether oxygens (including phenoxy) is 1. The molecule has 0 amide bonds. The van der Waals surface area contributed by atoms with Crippen LogP contribution in [-0.4, -0.2) is 34.5 Å². The fourth-order valence-corrected chi connectivity index (χ4v) is 2.06. The first-order chi connectivity index (χ1) is 9.69. The number of nitrogens with one attached hydrogen (secondary N) is 1. The summed E-state index contributed by atoms with van der Waals surface area (Å²) < 4.78 is 7.08. The first kappa shape index (κ1) is 14.5. The second-order valence-corrected chi connectivity index (χ2v) is 5.24. The number of aromatic nitrogens is 3. The van der Waals surface area contributed by atoms with Gasteiger partial charge in [0.15, 0.2) is 0 Å². The number of methoxy groups -OCH3 is 1. The van der Waals surface area contributed by atoms with Gasteiger partial charge >= 0.3 is 0 Å². The average molecular weight is 274 g/mol. The normalized spacial score (nSPS) is 12.6. The molecule has 0 bridgehead atoms. The number of hydrogen-bond donors (Lipinski definition) is 1. The molecule has 0 aliphatic heterocycles. The highest BCUT2D eigenvalue weighted by molar-refractivity contribution is 5.46. The summed E-state index contributed by atoms with van der Waals surface area (Å²) in [5.74, 6) is 0.508. The number of nitrogens with zero attached hydrogens (tertiary/aromatic N) is 3. The Labute approximate surface area is 120 Å². The Hall–Kier alpha value is -1.88. The maximum absolute atomic E-state index is 5.27. The zero-order chi connectivity index (χ0) is 14.4. The molecule has 1 heterocycles. The van der Waals surface area contributed by atoms with Crippen LogP contribution < -0.4 is 5.32 Å². The summed E-state index contributed by atoms with van der Waals surface area (Å²) >= 11 is 0. The molecule has 0 saturated carbocycles. The van der Waals surface area contributed by atoms with Gasteiger partial charge in [0.1, 0.15) is 12.7 Å². The van der Waals surface area contributed by atoms with Crippen LogP contribution >= 0.6 is 0 Å². The monoisotopic (exact) mass is 274 g/mol. The van der Waals surface area contributed by atoms with E-state index in [2.05, 4.69) is 53.5 Å². The van der Waals surface area contributed by atoms with Crippen LogP contribution in [0.1, 0.15) is 19.4 Å². The number of benzene rings is 1. The van der Waals surface area contributed by atoms with E-state index in [0.29, 0.717) is 18.6 Å². The minimum atomic E-state index is 0.307. The number of anilines is 1. The van der Waals surface area contributed by atoms with Crippen LogP contribution in [0.4, 0.5) is 5.69 Å². The Morgan fingerprint density at radius 2 is 2.20 bits per heavy atom. The fourth-order valence-electron chi connectivity index (χ4n) is 2.06. The third-order valence-corrected chi connectivity index (χ3v) is 3.24. The Morgan fingerprint density at radius 3 is 2.85 bits per heavy atom. The third kappa shape index (κ3) is 4.06. The van der Waals surface area contributed by atoms with E-state index in [1.165, 1.54) is 5.56 Å². The third-order valence-electron chi connectivity index (χ3n) is 3.24. The van der Waals surface area contributed by atoms with Gasteiger partial charge in [-0.2, -0.15) is 5.10 Å². The smallest absolute Gasteiger partial charge is 0.137 e. The SMILES string of the molecule is COCC(Nc1cccc(Cn2cncn2)c1)C(C)C. The standard InChI is InChI=1S/C15H22N4O/c1-12(2)15(9-20-3)18-14-6-4-5-13(7-14)8-19-11-16-10-17-19/h4-7,10-12,15,18H,8-9H2,1-3H3. The van der Waals surface area contributed by atoms with Crippen molar-refractivity contribution in [2.75, 3.05) is 19.0 Å². The largest absolute Gasteiger partial charge is 0.383 e. The highest BCUT2D eigenvalue weighted by Gasteiger charge is 2.12. The van der Waals surface area contributed by atoms with Crippen molar-refractivity contribution in [3.05, 3.63) is 42.5 Å². The molecular formula is C15H22N4O. The van der Waals surface area contributed by atoms with Gasteiger partial charge in [0.05, 0.1) is 19.2 Å². The van der Waals surface area contributed by atoms with Crippen molar-refractivity contribution in [2.45, 2.75) is 26.4 Å². The molecular weight excluding hydrogens is 252 g/mol. The molecule has 0 spiro atoms. The lowest BCUT2D eigenvalue weighted by molar-refractivity contribution is 0.171. The topological polar surface area (TPSA) is 52.0 Å². The Balaban J connectivity index is 2.05. The lowest BCUT2D eigenvalue weighted by Gasteiger charge is -2.23. The van der Waals surface area contributed by atoms with Crippen molar-refractivity contribution >= 4 is 5.69 Å². The van der Waals surface area contributed by atoms with Gasteiger partial charge in [-0.3, -0.25) is 0 Å². The first-order valence-corrected chi connectivity index (χ1v) is 6.86. The maximum atomic E-state index is 5.27. The van der Waals surface area contributed by atoms with Gasteiger partial charge in [-0.25, -0.2) is 9.67 Å². The molecule has 1 unspecified atom stereocenters. The van der Waals surface area contributed by atoms with Crippen LogP contribution in [0.2, 0.25) is 0 Å². The lowest BCUT2D eigenvalue weighted by Crippen LogP contribution is -2.30. The van der Waals surface area contributed by atoms with Gasteiger partial charge in [-0.1, -0.05) is 26.0 Å². The molecule has 1 aromatic heterocycles. The number of hydrogen-bond acceptors (Lipinski definition) is 4. The predicted octanol–water partition coefficient (Wildman–Crippen LogP) is 2.41. The molecule has 1 atom stereocenters. The van der Waals surface area contributed by atoms with Crippen molar-refractivity contribution in [1.82, 2.24) is 14.8 Å². The van der Waals surface area contributed by atoms with E-state index in [-0.39, 0.29) is 0 Å². The molecule has 2 rings (SSSR count). The summed E-state index contributed by atoms with van der Waals surface area (Å²) in [6.45, 7) is 5.81. The molecule has 0 fully saturated rings. The van der Waals surface area contributed by atoms with Crippen LogP contribution in [0.5, 0.6) is 0 Å². The van der Waals surface area contributed by atoms with Crippen LogP contribution in [0.25, 0.3) is 0 Å². The van der Waals surface area contributed by atoms with Gasteiger partial charge < -0.3 is 10.1 Å². The first-order valence-electron chi connectivity index (χ1n) is 6.86. The molecule has 5 heteroatoms. The van der Waals surface area contributed by atoms with E-state index in [1.54, 1.807) is 19.8 Å². The quantitative estimate of drug-likeness (QED) is 0.842. The highest BCUT2D eigenvalue weighted by Crippen LogP contribution is 2.15. The summed E-state index contributed by atoms with van der Waals surface area (Å²) in [5, 5.41) is 7.65. The number of rotatable bonds is 7. The Bertz CT molecular complexity index is 510. The van der Waals surface area contributed by atoms with Gasteiger partial charge in [0, 0.05) is 12.8 Å². The summed E-state index contributed by atoms with van der Waals surface area (Å²) in [6.07, 6.45) is 3.28. The predicted molar refractivity (Wildman–Crippen MR) is 79.7 cm³/mol.